The van der Waals surface area contributed by atoms with Crippen molar-refractivity contribution in [2.24, 2.45) is 0 Å². The van der Waals surface area contributed by atoms with Gasteiger partial charge in [0.05, 0.1) is 4.47 Å². The number of hydrogen-bond acceptors (Lipinski definition) is 3. The molecule has 0 bridgehead atoms. The van der Waals surface area contributed by atoms with Gasteiger partial charge in [-0.2, -0.15) is 0 Å². The highest BCUT2D eigenvalue weighted by molar-refractivity contribution is 9.10. The molecule has 1 aromatic rings. The van der Waals surface area contributed by atoms with Gasteiger partial charge in [0.25, 0.3) is 0 Å². The topological polar surface area (TPSA) is 30.5 Å². The lowest BCUT2D eigenvalue weighted by atomic mass is 10.3. The van der Waals surface area contributed by atoms with Crippen LogP contribution in [0.15, 0.2) is 22.7 Å². The maximum absolute atomic E-state index is 13.2. The van der Waals surface area contributed by atoms with Crippen LogP contribution >= 0.6 is 15.9 Å². The Hall–Kier alpha value is -0.650. The predicted octanol–water partition coefficient (Wildman–Crippen LogP) is 2.98. The van der Waals surface area contributed by atoms with Gasteiger partial charge in [0.1, 0.15) is 18.2 Å². The van der Waals surface area contributed by atoms with Crippen LogP contribution in [0.5, 0.6) is 5.75 Å². The minimum atomic E-state index is -0.308. The van der Waals surface area contributed by atoms with Crippen molar-refractivity contribution in [3.8, 4) is 5.75 Å². The van der Waals surface area contributed by atoms with E-state index in [1.807, 2.05) is 6.92 Å². The normalized spacial score (nSPS) is 10.6. The molecule has 0 heterocycles. The zero-order valence-electron chi connectivity index (χ0n) is 10.5. The van der Waals surface area contributed by atoms with E-state index in [4.69, 9.17) is 9.47 Å². The summed E-state index contributed by atoms with van der Waals surface area (Å²) in [6.45, 7) is 5.69. The molecule has 0 unspecified atom stereocenters. The Kier molecular flexibility index (Phi) is 7.96. The highest BCUT2D eigenvalue weighted by Crippen LogP contribution is 2.20. The second kappa shape index (κ2) is 9.30. The first-order valence-corrected chi connectivity index (χ1v) is 6.89. The van der Waals surface area contributed by atoms with Crippen LogP contribution in [0.1, 0.15) is 13.3 Å². The Morgan fingerprint density at radius 2 is 2.11 bits per heavy atom. The quantitative estimate of drug-likeness (QED) is 0.710. The van der Waals surface area contributed by atoms with E-state index in [9.17, 15) is 4.39 Å². The summed E-state index contributed by atoms with van der Waals surface area (Å²) in [6.07, 6.45) is 0.987. The number of nitrogens with one attached hydrogen (secondary N) is 1. The maximum atomic E-state index is 13.2. The average molecular weight is 320 g/mol. The number of ether oxygens (including phenoxy) is 2. The minimum Gasteiger partial charge on any atom is -0.492 e. The standard InChI is InChI=1S/C13H19BrFNO2/c1-2-17-8-3-6-16-7-9-18-11-4-5-12(14)13(15)10-11/h4-5,10,16H,2-3,6-9H2,1H3. The summed E-state index contributed by atoms with van der Waals surface area (Å²) in [4.78, 5) is 0. The van der Waals surface area contributed by atoms with Gasteiger partial charge >= 0.3 is 0 Å². The van der Waals surface area contributed by atoms with Crippen LogP contribution in [0.4, 0.5) is 4.39 Å². The first-order valence-electron chi connectivity index (χ1n) is 6.10. The Labute approximate surface area is 116 Å². The van der Waals surface area contributed by atoms with Gasteiger partial charge in [-0.1, -0.05) is 0 Å². The molecule has 0 fully saturated rings. The number of hydrogen-bond donors (Lipinski definition) is 1. The van der Waals surface area contributed by atoms with Crippen molar-refractivity contribution in [3.63, 3.8) is 0 Å². The summed E-state index contributed by atoms with van der Waals surface area (Å²) in [5.74, 6) is 0.240. The van der Waals surface area contributed by atoms with Gasteiger partial charge in [0.15, 0.2) is 0 Å². The first kappa shape index (κ1) is 15.4. The molecule has 18 heavy (non-hydrogen) atoms. The van der Waals surface area contributed by atoms with Crippen molar-refractivity contribution in [1.82, 2.24) is 5.32 Å². The van der Waals surface area contributed by atoms with E-state index in [0.29, 0.717) is 16.8 Å². The van der Waals surface area contributed by atoms with Gasteiger partial charge in [-0.3, -0.25) is 0 Å². The second-order valence-electron chi connectivity index (χ2n) is 3.72. The molecule has 0 saturated carbocycles. The second-order valence-corrected chi connectivity index (χ2v) is 4.58. The molecular weight excluding hydrogens is 301 g/mol. The lowest BCUT2D eigenvalue weighted by molar-refractivity contribution is 0.144. The molecule has 0 saturated heterocycles. The van der Waals surface area contributed by atoms with Crippen LogP contribution in [0.2, 0.25) is 0 Å². The Balaban J connectivity index is 2.05. The molecule has 0 aliphatic carbocycles. The zero-order chi connectivity index (χ0) is 13.2. The van der Waals surface area contributed by atoms with E-state index in [1.54, 1.807) is 12.1 Å². The lowest BCUT2D eigenvalue weighted by Crippen LogP contribution is -2.23. The third-order valence-electron chi connectivity index (χ3n) is 2.28. The summed E-state index contributed by atoms with van der Waals surface area (Å²) < 4.78 is 24.3. The van der Waals surface area contributed by atoms with Crippen LogP contribution in [0.3, 0.4) is 0 Å². The molecule has 1 N–H and O–H groups in total. The minimum absolute atomic E-state index is 0.308. The fraction of sp³-hybridized carbons (Fsp3) is 0.538. The molecule has 5 heteroatoms. The smallest absolute Gasteiger partial charge is 0.141 e. The van der Waals surface area contributed by atoms with Crippen molar-refractivity contribution in [2.75, 3.05) is 32.9 Å². The fourth-order valence-corrected chi connectivity index (χ4v) is 1.62. The predicted molar refractivity (Wildman–Crippen MR) is 73.6 cm³/mol. The summed E-state index contributed by atoms with van der Waals surface area (Å²) in [7, 11) is 0. The van der Waals surface area contributed by atoms with Gasteiger partial charge in [-0.15, -0.1) is 0 Å². The van der Waals surface area contributed by atoms with E-state index in [0.717, 1.165) is 32.7 Å². The van der Waals surface area contributed by atoms with E-state index >= 15 is 0 Å². The van der Waals surface area contributed by atoms with Gasteiger partial charge in [-0.25, -0.2) is 4.39 Å². The van der Waals surface area contributed by atoms with Gasteiger partial charge in [0, 0.05) is 25.8 Å². The van der Waals surface area contributed by atoms with Gasteiger partial charge < -0.3 is 14.8 Å². The number of benzene rings is 1. The van der Waals surface area contributed by atoms with Gasteiger partial charge in [-0.05, 0) is 48.0 Å². The number of halogens is 2. The largest absolute Gasteiger partial charge is 0.492 e. The SMILES string of the molecule is CCOCCCNCCOc1ccc(Br)c(F)c1. The molecular formula is C13H19BrFNO2. The third kappa shape index (κ3) is 6.33. The summed E-state index contributed by atoms with van der Waals surface area (Å²) in [5.41, 5.74) is 0. The molecule has 102 valence electrons. The van der Waals surface area contributed by atoms with Crippen molar-refractivity contribution in [1.29, 1.82) is 0 Å². The van der Waals surface area contributed by atoms with Crippen LogP contribution in [0, 0.1) is 5.82 Å². The molecule has 1 rings (SSSR count). The van der Waals surface area contributed by atoms with Gasteiger partial charge in [0.2, 0.25) is 0 Å². The van der Waals surface area contributed by atoms with E-state index in [-0.39, 0.29) is 5.82 Å². The Morgan fingerprint density at radius 1 is 1.28 bits per heavy atom. The van der Waals surface area contributed by atoms with Crippen molar-refractivity contribution in [3.05, 3.63) is 28.5 Å². The zero-order valence-corrected chi connectivity index (χ0v) is 12.1. The van der Waals surface area contributed by atoms with Crippen molar-refractivity contribution >= 4 is 15.9 Å². The molecule has 0 aliphatic heterocycles. The van der Waals surface area contributed by atoms with Crippen LogP contribution in [-0.2, 0) is 4.74 Å². The molecule has 0 atom stereocenters. The molecule has 3 nitrogen and oxygen atoms in total. The Bertz CT molecular complexity index is 350. The van der Waals surface area contributed by atoms with E-state index < -0.39 is 0 Å². The summed E-state index contributed by atoms with van der Waals surface area (Å²) in [6, 6.07) is 4.75. The highest BCUT2D eigenvalue weighted by atomic mass is 79.9. The van der Waals surface area contributed by atoms with Crippen molar-refractivity contribution < 1.29 is 13.9 Å². The Morgan fingerprint density at radius 3 is 2.83 bits per heavy atom. The van der Waals surface area contributed by atoms with Crippen LogP contribution in [-0.4, -0.2) is 32.9 Å². The monoisotopic (exact) mass is 319 g/mol. The summed E-state index contributed by atoms with van der Waals surface area (Å²) >= 11 is 3.10. The van der Waals surface area contributed by atoms with Crippen LogP contribution in [0.25, 0.3) is 0 Å². The van der Waals surface area contributed by atoms with E-state index in [1.165, 1.54) is 6.07 Å². The third-order valence-corrected chi connectivity index (χ3v) is 2.93. The average Bonchev–Trinajstić information content (AvgIpc) is 2.37. The maximum Gasteiger partial charge on any atom is 0.141 e. The van der Waals surface area contributed by atoms with E-state index in [2.05, 4.69) is 21.2 Å². The fourth-order valence-electron chi connectivity index (χ4n) is 1.38. The highest BCUT2D eigenvalue weighted by Gasteiger charge is 2.00. The summed E-state index contributed by atoms with van der Waals surface area (Å²) in [5, 5.41) is 3.23. The first-order chi connectivity index (χ1) is 8.74. The van der Waals surface area contributed by atoms with Crippen molar-refractivity contribution in [2.45, 2.75) is 13.3 Å². The molecule has 0 aromatic heterocycles. The van der Waals surface area contributed by atoms with Crippen LogP contribution < -0.4 is 10.1 Å². The number of rotatable bonds is 9. The molecule has 0 aliphatic rings. The molecule has 0 amide bonds. The molecule has 0 radical (unpaired) electrons. The lowest BCUT2D eigenvalue weighted by Gasteiger charge is -2.08. The molecule has 1 aromatic carbocycles. The molecule has 0 spiro atoms.